The number of carbonyl (C=O) groups is 1. The molecule has 0 heterocycles. The van der Waals surface area contributed by atoms with Gasteiger partial charge < -0.3 is 10.6 Å². The van der Waals surface area contributed by atoms with Crippen LogP contribution in [0.3, 0.4) is 0 Å². The summed E-state index contributed by atoms with van der Waals surface area (Å²) >= 11 is 0. The highest BCUT2D eigenvalue weighted by Crippen LogP contribution is 2.14. The zero-order valence-corrected chi connectivity index (χ0v) is 10.3. The summed E-state index contributed by atoms with van der Waals surface area (Å²) in [5.74, 6) is 0.0902. The maximum Gasteiger partial charge on any atom is 0.253 e. The second kappa shape index (κ2) is 5.54. The van der Waals surface area contributed by atoms with Crippen LogP contribution in [0.1, 0.15) is 36.2 Å². The highest BCUT2D eigenvalue weighted by molar-refractivity contribution is 5.94. The van der Waals surface area contributed by atoms with Crippen molar-refractivity contribution in [2.75, 3.05) is 18.8 Å². The average molecular weight is 220 g/mol. The summed E-state index contributed by atoms with van der Waals surface area (Å²) in [5, 5.41) is 0. The molecule has 0 aliphatic heterocycles. The normalized spacial score (nSPS) is 10.2. The summed E-state index contributed by atoms with van der Waals surface area (Å²) in [6.07, 6.45) is 0.980. The topological polar surface area (TPSA) is 46.3 Å². The Kier molecular flexibility index (Phi) is 4.35. The van der Waals surface area contributed by atoms with Gasteiger partial charge in [0.2, 0.25) is 0 Å². The molecule has 0 fully saturated rings. The molecule has 0 atom stereocenters. The summed E-state index contributed by atoms with van der Waals surface area (Å²) in [6.45, 7) is 7.54. The molecule has 1 rings (SSSR count). The molecule has 1 aromatic carbocycles. The molecule has 0 bridgehead atoms. The van der Waals surface area contributed by atoms with Gasteiger partial charge in [0.05, 0.1) is 0 Å². The summed E-state index contributed by atoms with van der Waals surface area (Å²) in [6, 6.07) is 5.45. The van der Waals surface area contributed by atoms with Crippen molar-refractivity contribution in [3.63, 3.8) is 0 Å². The maximum atomic E-state index is 12.1. The summed E-state index contributed by atoms with van der Waals surface area (Å²) in [7, 11) is 0. The minimum Gasteiger partial charge on any atom is -0.399 e. The molecule has 1 aromatic rings. The highest BCUT2D eigenvalue weighted by atomic mass is 16.2. The van der Waals surface area contributed by atoms with Crippen LogP contribution >= 0.6 is 0 Å². The lowest BCUT2D eigenvalue weighted by molar-refractivity contribution is 0.0764. The molecular formula is C13H20N2O. The first-order valence-corrected chi connectivity index (χ1v) is 5.75. The maximum absolute atomic E-state index is 12.1. The summed E-state index contributed by atoms with van der Waals surface area (Å²) in [4.78, 5) is 14.0. The van der Waals surface area contributed by atoms with Crippen molar-refractivity contribution in [3.05, 3.63) is 29.3 Å². The number of aryl methyl sites for hydroxylation is 1. The van der Waals surface area contributed by atoms with Crippen LogP contribution in [0.2, 0.25) is 0 Å². The zero-order valence-electron chi connectivity index (χ0n) is 10.3. The molecule has 0 radical (unpaired) electrons. The average Bonchev–Trinajstić information content (AvgIpc) is 2.28. The Morgan fingerprint density at radius 1 is 1.38 bits per heavy atom. The van der Waals surface area contributed by atoms with Gasteiger partial charge in [0.1, 0.15) is 0 Å². The van der Waals surface area contributed by atoms with Crippen molar-refractivity contribution in [3.8, 4) is 0 Å². The number of carbonyl (C=O) groups excluding carboxylic acids is 1. The molecule has 0 spiro atoms. The molecule has 3 heteroatoms. The third-order valence-corrected chi connectivity index (χ3v) is 2.68. The number of rotatable bonds is 4. The zero-order chi connectivity index (χ0) is 12.1. The largest absolute Gasteiger partial charge is 0.399 e. The number of hydrogen-bond acceptors (Lipinski definition) is 2. The Bertz CT molecular complexity index is 374. The SMILES string of the molecule is CCCN(CC)C(=O)c1ccc(N)c(C)c1. The standard InChI is InChI=1S/C13H20N2O/c1-4-8-15(5-2)13(16)11-6-7-12(14)10(3)9-11/h6-7,9H,4-5,8,14H2,1-3H3. The molecule has 0 saturated heterocycles. The molecule has 0 aliphatic carbocycles. The van der Waals surface area contributed by atoms with Crippen LogP contribution in [0.4, 0.5) is 5.69 Å². The van der Waals surface area contributed by atoms with Gasteiger partial charge in [-0.1, -0.05) is 6.92 Å². The van der Waals surface area contributed by atoms with Crippen LogP contribution in [-0.2, 0) is 0 Å². The minimum atomic E-state index is 0.0902. The fraction of sp³-hybridized carbons (Fsp3) is 0.462. The molecule has 0 saturated carbocycles. The van der Waals surface area contributed by atoms with E-state index in [1.807, 2.05) is 24.8 Å². The number of amides is 1. The van der Waals surface area contributed by atoms with Crippen molar-refractivity contribution >= 4 is 11.6 Å². The van der Waals surface area contributed by atoms with E-state index in [2.05, 4.69) is 6.92 Å². The van der Waals surface area contributed by atoms with Crippen molar-refractivity contribution in [2.45, 2.75) is 27.2 Å². The second-order valence-corrected chi connectivity index (χ2v) is 3.96. The Labute approximate surface area is 97.2 Å². The lowest BCUT2D eigenvalue weighted by atomic mass is 10.1. The predicted octanol–water partition coefficient (Wildman–Crippen LogP) is 2.45. The van der Waals surface area contributed by atoms with E-state index >= 15 is 0 Å². The number of nitrogens with two attached hydrogens (primary N) is 1. The van der Waals surface area contributed by atoms with Crippen molar-refractivity contribution in [2.24, 2.45) is 0 Å². The first-order chi connectivity index (χ1) is 7.60. The Morgan fingerprint density at radius 2 is 2.06 bits per heavy atom. The molecule has 0 unspecified atom stereocenters. The lowest BCUT2D eigenvalue weighted by Gasteiger charge is -2.20. The van der Waals surface area contributed by atoms with Gasteiger partial charge in [0, 0.05) is 24.3 Å². The van der Waals surface area contributed by atoms with E-state index in [1.165, 1.54) is 0 Å². The third-order valence-electron chi connectivity index (χ3n) is 2.68. The van der Waals surface area contributed by atoms with E-state index in [0.29, 0.717) is 0 Å². The van der Waals surface area contributed by atoms with Gasteiger partial charge in [0.15, 0.2) is 0 Å². The predicted molar refractivity (Wildman–Crippen MR) is 67.5 cm³/mol. The quantitative estimate of drug-likeness (QED) is 0.792. The molecular weight excluding hydrogens is 200 g/mol. The Balaban J connectivity index is 2.90. The van der Waals surface area contributed by atoms with Crippen LogP contribution < -0.4 is 5.73 Å². The first-order valence-electron chi connectivity index (χ1n) is 5.75. The van der Waals surface area contributed by atoms with Crippen LogP contribution in [0.25, 0.3) is 0 Å². The van der Waals surface area contributed by atoms with Crippen LogP contribution in [0, 0.1) is 6.92 Å². The van der Waals surface area contributed by atoms with Gasteiger partial charge in [-0.15, -0.1) is 0 Å². The van der Waals surface area contributed by atoms with E-state index in [9.17, 15) is 4.79 Å². The van der Waals surface area contributed by atoms with Crippen LogP contribution in [-0.4, -0.2) is 23.9 Å². The van der Waals surface area contributed by atoms with Gasteiger partial charge in [-0.25, -0.2) is 0 Å². The highest BCUT2D eigenvalue weighted by Gasteiger charge is 2.13. The van der Waals surface area contributed by atoms with Gasteiger partial charge in [0.25, 0.3) is 5.91 Å². The fourth-order valence-corrected chi connectivity index (χ4v) is 1.66. The smallest absolute Gasteiger partial charge is 0.253 e. The first kappa shape index (κ1) is 12.6. The summed E-state index contributed by atoms with van der Waals surface area (Å²) in [5.41, 5.74) is 8.14. The van der Waals surface area contributed by atoms with Crippen molar-refractivity contribution in [1.82, 2.24) is 4.90 Å². The lowest BCUT2D eigenvalue weighted by Crippen LogP contribution is -2.31. The molecule has 2 N–H and O–H groups in total. The van der Waals surface area contributed by atoms with E-state index < -0.39 is 0 Å². The Hall–Kier alpha value is -1.51. The van der Waals surface area contributed by atoms with Crippen molar-refractivity contribution in [1.29, 1.82) is 0 Å². The van der Waals surface area contributed by atoms with Gasteiger partial charge in [-0.2, -0.15) is 0 Å². The molecule has 3 nitrogen and oxygen atoms in total. The Morgan fingerprint density at radius 3 is 2.56 bits per heavy atom. The van der Waals surface area contributed by atoms with Gasteiger partial charge in [-0.3, -0.25) is 4.79 Å². The second-order valence-electron chi connectivity index (χ2n) is 3.96. The molecule has 1 amide bonds. The van der Waals surface area contributed by atoms with Gasteiger partial charge >= 0.3 is 0 Å². The number of hydrogen-bond donors (Lipinski definition) is 1. The molecule has 0 aliphatic rings. The van der Waals surface area contributed by atoms with Gasteiger partial charge in [-0.05, 0) is 44.0 Å². The number of nitrogens with zero attached hydrogens (tertiary/aromatic N) is 1. The van der Waals surface area contributed by atoms with E-state index in [0.717, 1.165) is 36.3 Å². The van der Waals surface area contributed by atoms with Crippen LogP contribution in [0.15, 0.2) is 18.2 Å². The number of anilines is 1. The fourth-order valence-electron chi connectivity index (χ4n) is 1.66. The number of nitrogen functional groups attached to an aromatic ring is 1. The van der Waals surface area contributed by atoms with E-state index in [1.54, 1.807) is 12.1 Å². The molecule has 88 valence electrons. The van der Waals surface area contributed by atoms with E-state index in [4.69, 9.17) is 5.73 Å². The third kappa shape index (κ3) is 2.75. The molecule has 0 aromatic heterocycles. The van der Waals surface area contributed by atoms with E-state index in [-0.39, 0.29) is 5.91 Å². The van der Waals surface area contributed by atoms with Crippen molar-refractivity contribution < 1.29 is 4.79 Å². The number of benzene rings is 1. The van der Waals surface area contributed by atoms with Crippen LogP contribution in [0.5, 0.6) is 0 Å². The minimum absolute atomic E-state index is 0.0902. The summed E-state index contributed by atoms with van der Waals surface area (Å²) < 4.78 is 0. The monoisotopic (exact) mass is 220 g/mol. The molecule has 16 heavy (non-hydrogen) atoms.